The number of amides is 1. The van der Waals surface area contributed by atoms with Crippen molar-refractivity contribution in [3.05, 3.63) is 24.0 Å². The number of carbonyl (C=O) groups is 2. The first-order chi connectivity index (χ1) is 6.63. The van der Waals surface area contributed by atoms with Gasteiger partial charge >= 0.3 is 6.09 Å². The van der Waals surface area contributed by atoms with Crippen molar-refractivity contribution in [1.29, 1.82) is 0 Å². The van der Waals surface area contributed by atoms with E-state index in [1.54, 1.807) is 0 Å². The van der Waals surface area contributed by atoms with Crippen molar-refractivity contribution < 1.29 is 14.7 Å². The molecular weight excluding hydrogens is 252 g/mol. The first-order valence-corrected chi connectivity index (χ1v) is 4.81. The topological polar surface area (TPSA) is 79.3 Å². The van der Waals surface area contributed by atoms with E-state index >= 15 is 0 Å². The number of hydrogen-bond donors (Lipinski definition) is 2. The highest BCUT2D eigenvalue weighted by atomic mass is 79.9. The summed E-state index contributed by atoms with van der Waals surface area (Å²) < 4.78 is 0. The lowest BCUT2D eigenvalue weighted by atomic mass is 10.2. The van der Waals surface area contributed by atoms with Gasteiger partial charge in [-0.2, -0.15) is 0 Å². The second-order valence-electron chi connectivity index (χ2n) is 2.42. The molecule has 1 rings (SSSR count). The van der Waals surface area contributed by atoms with Crippen LogP contribution in [0.15, 0.2) is 18.3 Å². The summed E-state index contributed by atoms with van der Waals surface area (Å²) in [7, 11) is 0. The zero-order valence-corrected chi connectivity index (χ0v) is 8.61. The van der Waals surface area contributed by atoms with Gasteiger partial charge in [-0.05, 0) is 12.1 Å². The van der Waals surface area contributed by atoms with Crippen LogP contribution < -0.4 is 5.32 Å². The van der Waals surface area contributed by atoms with Gasteiger partial charge in [0.15, 0.2) is 5.78 Å². The maximum Gasteiger partial charge on any atom is 0.409 e. The lowest BCUT2D eigenvalue weighted by molar-refractivity contribution is 0.101. The molecule has 1 aromatic heterocycles. The zero-order valence-electron chi connectivity index (χ0n) is 7.03. The maximum absolute atomic E-state index is 11.1. The average Bonchev–Trinajstić information content (AvgIpc) is 2.17. The van der Waals surface area contributed by atoms with Gasteiger partial charge in [0.1, 0.15) is 5.69 Å². The van der Waals surface area contributed by atoms with Crippen LogP contribution in [0, 0.1) is 0 Å². The fourth-order valence-corrected chi connectivity index (χ4v) is 1.11. The standard InChI is InChI=1S/C8H7BrN2O3/c9-3-7(12)6-2-1-5(4-10-6)11-8(13)14/h1-2,4,11H,3H2,(H,13,14). The highest BCUT2D eigenvalue weighted by Gasteiger charge is 2.05. The normalized spacial score (nSPS) is 9.50. The molecule has 1 amide bonds. The monoisotopic (exact) mass is 258 g/mol. The van der Waals surface area contributed by atoms with Crippen LogP contribution in [-0.2, 0) is 0 Å². The summed E-state index contributed by atoms with van der Waals surface area (Å²) in [6.07, 6.45) is 0.135. The number of alkyl halides is 1. The Morgan fingerprint density at radius 1 is 1.50 bits per heavy atom. The fourth-order valence-electron chi connectivity index (χ4n) is 0.825. The number of ketones is 1. The molecule has 0 radical (unpaired) electrons. The lowest BCUT2D eigenvalue weighted by Gasteiger charge is -2.00. The van der Waals surface area contributed by atoms with Gasteiger partial charge in [-0.1, -0.05) is 15.9 Å². The van der Waals surface area contributed by atoms with Crippen LogP contribution in [0.5, 0.6) is 0 Å². The van der Waals surface area contributed by atoms with E-state index in [0.29, 0.717) is 11.4 Å². The van der Waals surface area contributed by atoms with Crippen LogP contribution in [-0.4, -0.2) is 27.3 Å². The van der Waals surface area contributed by atoms with E-state index in [2.05, 4.69) is 26.2 Å². The number of Topliss-reactive ketones (excluding diaryl/α,β-unsaturated/α-hetero) is 1. The summed E-state index contributed by atoms with van der Waals surface area (Å²) in [4.78, 5) is 25.1. The Kier molecular flexibility index (Phi) is 3.58. The predicted molar refractivity (Wildman–Crippen MR) is 54.0 cm³/mol. The van der Waals surface area contributed by atoms with E-state index in [-0.39, 0.29) is 11.1 Å². The summed E-state index contributed by atoms with van der Waals surface area (Å²) in [6.45, 7) is 0. The Hall–Kier alpha value is -1.43. The van der Waals surface area contributed by atoms with Crippen molar-refractivity contribution in [3.8, 4) is 0 Å². The molecule has 0 spiro atoms. The van der Waals surface area contributed by atoms with Crippen molar-refractivity contribution in [2.75, 3.05) is 10.6 Å². The van der Waals surface area contributed by atoms with Crippen molar-refractivity contribution in [1.82, 2.24) is 4.98 Å². The number of rotatable bonds is 3. The van der Waals surface area contributed by atoms with E-state index in [1.165, 1.54) is 18.3 Å². The highest BCUT2D eigenvalue weighted by molar-refractivity contribution is 9.09. The third-order valence-corrected chi connectivity index (χ3v) is 1.93. The molecule has 0 aromatic carbocycles. The van der Waals surface area contributed by atoms with E-state index in [9.17, 15) is 9.59 Å². The summed E-state index contributed by atoms with van der Waals surface area (Å²) >= 11 is 3.01. The van der Waals surface area contributed by atoms with Crippen LogP contribution in [0.25, 0.3) is 0 Å². The average molecular weight is 259 g/mol. The molecule has 0 saturated heterocycles. The molecule has 5 nitrogen and oxygen atoms in total. The SMILES string of the molecule is O=C(O)Nc1ccc(C(=O)CBr)nc1. The quantitative estimate of drug-likeness (QED) is 0.640. The molecule has 6 heteroatoms. The molecule has 0 saturated carbocycles. The molecule has 14 heavy (non-hydrogen) atoms. The molecular formula is C8H7BrN2O3. The lowest BCUT2D eigenvalue weighted by Crippen LogP contribution is -2.09. The van der Waals surface area contributed by atoms with Gasteiger partial charge in [-0.15, -0.1) is 0 Å². The van der Waals surface area contributed by atoms with Gasteiger partial charge in [0, 0.05) is 0 Å². The number of pyridine rings is 1. The minimum absolute atomic E-state index is 0.146. The fraction of sp³-hybridized carbons (Fsp3) is 0.125. The van der Waals surface area contributed by atoms with Gasteiger partial charge in [-0.3, -0.25) is 15.1 Å². The van der Waals surface area contributed by atoms with Crippen LogP contribution in [0.4, 0.5) is 10.5 Å². The molecule has 0 bridgehead atoms. The second-order valence-corrected chi connectivity index (χ2v) is 2.98. The van der Waals surface area contributed by atoms with Crippen LogP contribution in [0.2, 0.25) is 0 Å². The Morgan fingerprint density at radius 3 is 2.64 bits per heavy atom. The van der Waals surface area contributed by atoms with Gasteiger partial charge in [-0.25, -0.2) is 4.79 Å². The second kappa shape index (κ2) is 4.71. The van der Waals surface area contributed by atoms with Crippen molar-refractivity contribution >= 4 is 33.5 Å². The number of nitrogens with one attached hydrogen (secondary N) is 1. The Labute approximate surface area is 88.3 Å². The molecule has 0 unspecified atom stereocenters. The van der Waals surface area contributed by atoms with E-state index in [0.717, 1.165) is 0 Å². The molecule has 0 aliphatic heterocycles. The Balaban J connectivity index is 2.78. The summed E-state index contributed by atoms with van der Waals surface area (Å²) in [5, 5.41) is 10.7. The smallest absolute Gasteiger partial charge is 0.409 e. The molecule has 2 N–H and O–H groups in total. The molecule has 0 atom stereocenters. The van der Waals surface area contributed by atoms with Crippen molar-refractivity contribution in [3.63, 3.8) is 0 Å². The predicted octanol–water partition coefficient (Wildman–Crippen LogP) is 1.75. The van der Waals surface area contributed by atoms with Crippen LogP contribution in [0.1, 0.15) is 10.5 Å². The maximum atomic E-state index is 11.1. The number of anilines is 1. The molecule has 0 fully saturated rings. The zero-order chi connectivity index (χ0) is 10.6. The number of aromatic nitrogens is 1. The molecule has 0 aliphatic carbocycles. The van der Waals surface area contributed by atoms with Crippen molar-refractivity contribution in [2.45, 2.75) is 0 Å². The van der Waals surface area contributed by atoms with Crippen LogP contribution in [0.3, 0.4) is 0 Å². The van der Waals surface area contributed by atoms with Gasteiger partial charge in [0.05, 0.1) is 17.2 Å². The highest BCUT2D eigenvalue weighted by Crippen LogP contribution is 2.07. The third-order valence-electron chi connectivity index (χ3n) is 1.42. The number of hydrogen-bond acceptors (Lipinski definition) is 3. The first-order valence-electron chi connectivity index (χ1n) is 3.68. The Bertz CT molecular complexity index is 350. The summed E-state index contributed by atoms with van der Waals surface area (Å²) in [5.74, 6) is -0.146. The van der Waals surface area contributed by atoms with Gasteiger partial charge < -0.3 is 5.11 Å². The van der Waals surface area contributed by atoms with E-state index in [1.807, 2.05) is 0 Å². The van der Waals surface area contributed by atoms with Crippen LogP contribution >= 0.6 is 15.9 Å². The number of nitrogens with zero attached hydrogens (tertiary/aromatic N) is 1. The first kappa shape index (κ1) is 10.6. The summed E-state index contributed by atoms with van der Waals surface area (Å²) in [6, 6.07) is 2.95. The van der Waals surface area contributed by atoms with Gasteiger partial charge in [0.25, 0.3) is 0 Å². The third kappa shape index (κ3) is 2.81. The minimum atomic E-state index is -1.16. The number of carbonyl (C=O) groups excluding carboxylic acids is 1. The largest absolute Gasteiger partial charge is 0.465 e. The number of halogens is 1. The van der Waals surface area contributed by atoms with E-state index < -0.39 is 6.09 Å². The molecule has 1 heterocycles. The van der Waals surface area contributed by atoms with Crippen molar-refractivity contribution in [2.24, 2.45) is 0 Å². The Morgan fingerprint density at radius 2 is 2.21 bits per heavy atom. The molecule has 74 valence electrons. The molecule has 0 aliphatic rings. The van der Waals surface area contributed by atoms with Gasteiger partial charge in [0.2, 0.25) is 0 Å². The molecule has 1 aromatic rings. The number of carboxylic acid groups (broad SMARTS) is 1. The summed E-state index contributed by atoms with van der Waals surface area (Å²) in [5.41, 5.74) is 0.640. The minimum Gasteiger partial charge on any atom is -0.465 e. The van der Waals surface area contributed by atoms with E-state index in [4.69, 9.17) is 5.11 Å².